The molecule has 1 unspecified atom stereocenters. The SMILES string of the molecule is CC(C)(C)c1cc(C(CN)c2ccc3c(c2)OCO3)[nH]n1. The van der Waals surface area contributed by atoms with Crippen molar-refractivity contribution in [2.45, 2.75) is 32.1 Å². The maximum Gasteiger partial charge on any atom is 0.231 e. The van der Waals surface area contributed by atoms with Gasteiger partial charge in [0.25, 0.3) is 0 Å². The molecule has 1 aliphatic heterocycles. The topological polar surface area (TPSA) is 73.2 Å². The van der Waals surface area contributed by atoms with Crippen LogP contribution in [0, 0.1) is 0 Å². The first kappa shape index (κ1) is 13.9. The summed E-state index contributed by atoms with van der Waals surface area (Å²) in [6.45, 7) is 7.22. The lowest BCUT2D eigenvalue weighted by molar-refractivity contribution is 0.174. The normalized spacial score (nSPS) is 15.2. The van der Waals surface area contributed by atoms with Crippen LogP contribution in [0.2, 0.25) is 0 Å². The molecule has 5 heteroatoms. The molecule has 1 aliphatic rings. The molecule has 0 saturated heterocycles. The third kappa shape index (κ3) is 2.61. The van der Waals surface area contributed by atoms with Gasteiger partial charge in [0.2, 0.25) is 6.79 Å². The molecule has 1 atom stereocenters. The van der Waals surface area contributed by atoms with Gasteiger partial charge in [-0.2, -0.15) is 5.10 Å². The number of nitrogens with one attached hydrogen (secondary N) is 1. The van der Waals surface area contributed by atoms with Crippen LogP contribution in [-0.2, 0) is 5.41 Å². The first-order valence-corrected chi connectivity index (χ1v) is 7.14. The third-order valence-corrected chi connectivity index (χ3v) is 3.78. The first-order valence-electron chi connectivity index (χ1n) is 7.14. The average Bonchev–Trinajstić information content (AvgIpc) is 3.06. The van der Waals surface area contributed by atoms with Crippen LogP contribution in [0.1, 0.15) is 43.6 Å². The Morgan fingerprint density at radius 3 is 2.67 bits per heavy atom. The second kappa shape index (κ2) is 5.07. The van der Waals surface area contributed by atoms with Crippen LogP contribution >= 0.6 is 0 Å². The summed E-state index contributed by atoms with van der Waals surface area (Å²) in [6.07, 6.45) is 0. The maximum atomic E-state index is 5.98. The lowest BCUT2D eigenvalue weighted by Gasteiger charge is -2.15. The Hall–Kier alpha value is -2.01. The van der Waals surface area contributed by atoms with Crippen LogP contribution in [0.3, 0.4) is 0 Å². The van der Waals surface area contributed by atoms with Crippen molar-refractivity contribution in [3.8, 4) is 11.5 Å². The van der Waals surface area contributed by atoms with E-state index in [2.05, 4.69) is 37.0 Å². The molecule has 0 aliphatic carbocycles. The number of benzene rings is 1. The summed E-state index contributed by atoms with van der Waals surface area (Å²) in [4.78, 5) is 0. The summed E-state index contributed by atoms with van der Waals surface area (Å²) < 4.78 is 10.8. The minimum Gasteiger partial charge on any atom is -0.454 e. The summed E-state index contributed by atoms with van der Waals surface area (Å²) in [7, 11) is 0. The number of hydrogen-bond acceptors (Lipinski definition) is 4. The number of fused-ring (bicyclic) bond motifs is 1. The van der Waals surface area contributed by atoms with Gasteiger partial charge in [-0.1, -0.05) is 26.8 Å². The fourth-order valence-corrected chi connectivity index (χ4v) is 2.47. The molecule has 112 valence electrons. The fraction of sp³-hybridized carbons (Fsp3) is 0.438. The van der Waals surface area contributed by atoms with E-state index in [0.29, 0.717) is 6.54 Å². The van der Waals surface area contributed by atoms with Gasteiger partial charge in [0.05, 0.1) is 5.69 Å². The Balaban J connectivity index is 1.93. The van der Waals surface area contributed by atoms with Crippen molar-refractivity contribution in [3.63, 3.8) is 0 Å². The Kier molecular flexibility index (Phi) is 3.37. The van der Waals surface area contributed by atoms with E-state index in [1.54, 1.807) is 0 Å². The first-order chi connectivity index (χ1) is 9.99. The van der Waals surface area contributed by atoms with Crippen molar-refractivity contribution in [2.75, 3.05) is 13.3 Å². The zero-order chi connectivity index (χ0) is 15.0. The van der Waals surface area contributed by atoms with Gasteiger partial charge < -0.3 is 15.2 Å². The predicted octanol–water partition coefficient (Wildman–Crippen LogP) is 2.53. The molecule has 3 rings (SSSR count). The summed E-state index contributed by atoms with van der Waals surface area (Å²) in [6, 6.07) is 8.06. The van der Waals surface area contributed by atoms with Crippen molar-refractivity contribution in [3.05, 3.63) is 41.2 Å². The van der Waals surface area contributed by atoms with E-state index in [-0.39, 0.29) is 18.1 Å². The lowest BCUT2D eigenvalue weighted by atomic mass is 9.90. The molecular formula is C16H21N3O2. The van der Waals surface area contributed by atoms with Crippen LogP contribution in [0.15, 0.2) is 24.3 Å². The molecule has 0 bridgehead atoms. The highest BCUT2D eigenvalue weighted by atomic mass is 16.7. The van der Waals surface area contributed by atoms with Gasteiger partial charge in [-0.3, -0.25) is 5.10 Å². The number of rotatable bonds is 3. The largest absolute Gasteiger partial charge is 0.454 e. The maximum absolute atomic E-state index is 5.98. The van der Waals surface area contributed by atoms with Gasteiger partial charge in [-0.05, 0) is 23.8 Å². The van der Waals surface area contributed by atoms with Crippen LogP contribution < -0.4 is 15.2 Å². The molecule has 0 spiro atoms. The number of aromatic amines is 1. The number of nitrogens with zero attached hydrogens (tertiary/aromatic N) is 1. The highest BCUT2D eigenvalue weighted by Crippen LogP contribution is 2.36. The monoisotopic (exact) mass is 287 g/mol. The summed E-state index contributed by atoms with van der Waals surface area (Å²) in [5.74, 6) is 1.64. The van der Waals surface area contributed by atoms with Gasteiger partial charge in [-0.25, -0.2) is 0 Å². The van der Waals surface area contributed by atoms with Crippen molar-refractivity contribution in [1.29, 1.82) is 0 Å². The second-order valence-electron chi connectivity index (χ2n) is 6.36. The van der Waals surface area contributed by atoms with Crippen molar-refractivity contribution in [1.82, 2.24) is 10.2 Å². The average molecular weight is 287 g/mol. The van der Waals surface area contributed by atoms with E-state index < -0.39 is 0 Å². The predicted molar refractivity (Wildman–Crippen MR) is 80.8 cm³/mol. The van der Waals surface area contributed by atoms with Crippen molar-refractivity contribution >= 4 is 0 Å². The molecule has 2 heterocycles. The lowest BCUT2D eigenvalue weighted by Crippen LogP contribution is -2.14. The molecule has 0 saturated carbocycles. The number of nitrogens with two attached hydrogens (primary N) is 1. The number of H-pyrrole nitrogens is 1. The number of hydrogen-bond donors (Lipinski definition) is 2. The van der Waals surface area contributed by atoms with Gasteiger partial charge in [0.1, 0.15) is 0 Å². The minimum absolute atomic E-state index is 0.0167. The van der Waals surface area contributed by atoms with Crippen LogP contribution in [0.4, 0.5) is 0 Å². The van der Waals surface area contributed by atoms with Crippen molar-refractivity contribution in [2.24, 2.45) is 5.73 Å². The van der Waals surface area contributed by atoms with Crippen LogP contribution in [0.5, 0.6) is 11.5 Å². The Morgan fingerprint density at radius 1 is 1.24 bits per heavy atom. The van der Waals surface area contributed by atoms with Gasteiger partial charge >= 0.3 is 0 Å². The quantitative estimate of drug-likeness (QED) is 0.909. The third-order valence-electron chi connectivity index (χ3n) is 3.78. The van der Waals surface area contributed by atoms with E-state index >= 15 is 0 Å². The molecule has 5 nitrogen and oxygen atoms in total. The Labute approximate surface area is 124 Å². The second-order valence-corrected chi connectivity index (χ2v) is 6.36. The molecule has 0 amide bonds. The van der Waals surface area contributed by atoms with E-state index in [1.165, 1.54) is 0 Å². The molecule has 2 aromatic rings. The number of ether oxygens (including phenoxy) is 2. The zero-order valence-electron chi connectivity index (χ0n) is 12.6. The molecular weight excluding hydrogens is 266 g/mol. The van der Waals surface area contributed by atoms with E-state index in [1.807, 2.05) is 18.2 Å². The minimum atomic E-state index is 0.0167. The van der Waals surface area contributed by atoms with E-state index in [4.69, 9.17) is 15.2 Å². The highest BCUT2D eigenvalue weighted by Gasteiger charge is 2.23. The van der Waals surface area contributed by atoms with Crippen LogP contribution in [-0.4, -0.2) is 23.5 Å². The summed E-state index contributed by atoms with van der Waals surface area (Å²) in [5, 5.41) is 7.55. The van der Waals surface area contributed by atoms with Crippen molar-refractivity contribution < 1.29 is 9.47 Å². The Bertz CT molecular complexity index is 643. The molecule has 3 N–H and O–H groups in total. The molecule has 21 heavy (non-hydrogen) atoms. The number of aromatic nitrogens is 2. The highest BCUT2D eigenvalue weighted by molar-refractivity contribution is 5.47. The molecule has 0 fully saturated rings. The van der Waals surface area contributed by atoms with Gasteiger partial charge in [0.15, 0.2) is 11.5 Å². The molecule has 1 aromatic carbocycles. The van der Waals surface area contributed by atoms with E-state index in [9.17, 15) is 0 Å². The van der Waals surface area contributed by atoms with Crippen LogP contribution in [0.25, 0.3) is 0 Å². The zero-order valence-corrected chi connectivity index (χ0v) is 12.6. The van der Waals surface area contributed by atoms with E-state index in [0.717, 1.165) is 28.5 Å². The standard InChI is InChI=1S/C16H21N3O2/c1-16(2,3)15-7-12(18-19-15)11(8-17)10-4-5-13-14(6-10)21-9-20-13/h4-7,11H,8-9,17H2,1-3H3,(H,18,19). The molecule has 0 radical (unpaired) electrons. The summed E-state index contributed by atoms with van der Waals surface area (Å²) >= 11 is 0. The van der Waals surface area contributed by atoms with Gasteiger partial charge in [0, 0.05) is 23.6 Å². The summed E-state index contributed by atoms with van der Waals surface area (Å²) in [5.41, 5.74) is 9.17. The Morgan fingerprint density at radius 2 is 2.00 bits per heavy atom. The fourth-order valence-electron chi connectivity index (χ4n) is 2.47. The molecule has 1 aromatic heterocycles. The smallest absolute Gasteiger partial charge is 0.231 e. The van der Waals surface area contributed by atoms with Gasteiger partial charge in [-0.15, -0.1) is 0 Å².